The van der Waals surface area contributed by atoms with E-state index in [-0.39, 0.29) is 6.54 Å². The van der Waals surface area contributed by atoms with E-state index in [1.165, 1.54) is 30.9 Å². The molecule has 4 rings (SSSR count). The number of hydrogen-bond donors (Lipinski definition) is 1. The van der Waals surface area contributed by atoms with Gasteiger partial charge < -0.3 is 19.5 Å². The first-order chi connectivity index (χ1) is 18.7. The topological polar surface area (TPSA) is 108 Å². The van der Waals surface area contributed by atoms with E-state index in [1.807, 2.05) is 45.0 Å². The molecule has 0 radical (unpaired) electrons. The van der Waals surface area contributed by atoms with Gasteiger partial charge in [-0.3, -0.25) is 14.5 Å². The van der Waals surface area contributed by atoms with Gasteiger partial charge in [0.25, 0.3) is 0 Å². The number of fused-ring (bicyclic) bond motifs is 1. The van der Waals surface area contributed by atoms with Crippen LogP contribution in [0.3, 0.4) is 0 Å². The fourth-order valence-electron chi connectivity index (χ4n) is 4.37. The van der Waals surface area contributed by atoms with Crippen molar-refractivity contribution in [1.82, 2.24) is 20.3 Å². The predicted octanol–water partition coefficient (Wildman–Crippen LogP) is 4.15. The van der Waals surface area contributed by atoms with Gasteiger partial charge in [-0.15, -0.1) is 5.10 Å². The van der Waals surface area contributed by atoms with Crippen LogP contribution in [0.2, 0.25) is 0 Å². The lowest BCUT2D eigenvalue weighted by atomic mass is 9.99. The monoisotopic (exact) mass is 531 g/mol. The summed E-state index contributed by atoms with van der Waals surface area (Å²) in [7, 11) is 4.57. The van der Waals surface area contributed by atoms with Gasteiger partial charge in [0.2, 0.25) is 11.8 Å². The van der Waals surface area contributed by atoms with Crippen molar-refractivity contribution in [2.24, 2.45) is 0 Å². The van der Waals surface area contributed by atoms with Gasteiger partial charge in [-0.05, 0) is 63.2 Å². The molecule has 39 heavy (non-hydrogen) atoms. The molecular weight excluding hydrogens is 498 g/mol. The van der Waals surface area contributed by atoms with Gasteiger partial charge in [0.1, 0.15) is 35.4 Å². The number of rotatable bonds is 9. The summed E-state index contributed by atoms with van der Waals surface area (Å²) in [5, 5.41) is 11.4. The molecule has 0 unspecified atom stereocenters. The lowest BCUT2D eigenvalue weighted by Crippen LogP contribution is -2.50. The Balaban J connectivity index is 1.93. The highest BCUT2D eigenvalue weighted by Gasteiger charge is 2.38. The number of aromatic nitrogens is 3. The van der Waals surface area contributed by atoms with Gasteiger partial charge in [-0.25, -0.2) is 4.68 Å². The number of methoxy groups -OCH3 is 3. The van der Waals surface area contributed by atoms with Crippen molar-refractivity contribution in [2.75, 3.05) is 26.2 Å². The number of carbonyl (C=O) groups is 2. The van der Waals surface area contributed by atoms with Crippen LogP contribution in [-0.4, -0.2) is 53.7 Å². The zero-order chi connectivity index (χ0) is 28.2. The molecule has 1 aromatic heterocycles. The summed E-state index contributed by atoms with van der Waals surface area (Å²) in [4.78, 5) is 29.8. The van der Waals surface area contributed by atoms with E-state index in [0.29, 0.717) is 39.5 Å². The minimum Gasteiger partial charge on any atom is -0.497 e. The van der Waals surface area contributed by atoms with Gasteiger partial charge in [-0.1, -0.05) is 29.5 Å². The second-order valence-electron chi connectivity index (χ2n) is 9.92. The third-order valence-electron chi connectivity index (χ3n) is 6.05. The average molecular weight is 532 g/mol. The second-order valence-corrected chi connectivity index (χ2v) is 9.92. The number of carbonyl (C=O) groups excluding carboxylic acids is 2. The molecule has 0 aliphatic heterocycles. The normalized spacial score (nSPS) is 12.1. The van der Waals surface area contributed by atoms with Crippen molar-refractivity contribution in [1.29, 1.82) is 0 Å². The molecule has 0 saturated heterocycles. The van der Waals surface area contributed by atoms with Gasteiger partial charge in [0.05, 0.1) is 32.5 Å². The van der Waals surface area contributed by atoms with Gasteiger partial charge in [0.15, 0.2) is 0 Å². The summed E-state index contributed by atoms with van der Waals surface area (Å²) in [6.45, 7) is 5.45. The first-order valence-corrected chi connectivity index (χ1v) is 12.4. The Bertz CT molecular complexity index is 1480. The molecule has 0 fully saturated rings. The maximum atomic E-state index is 14.3. The molecule has 3 aromatic carbocycles. The molecule has 10 heteroatoms. The molecule has 1 atom stereocenters. The molecule has 0 bridgehead atoms. The van der Waals surface area contributed by atoms with Gasteiger partial charge in [0, 0.05) is 11.1 Å². The van der Waals surface area contributed by atoms with Crippen molar-refractivity contribution < 1.29 is 23.8 Å². The Morgan fingerprint density at radius 1 is 0.923 bits per heavy atom. The van der Waals surface area contributed by atoms with Crippen molar-refractivity contribution in [3.63, 3.8) is 0 Å². The van der Waals surface area contributed by atoms with Crippen LogP contribution >= 0.6 is 0 Å². The maximum Gasteiger partial charge on any atom is 0.249 e. The van der Waals surface area contributed by atoms with E-state index in [4.69, 9.17) is 14.2 Å². The largest absolute Gasteiger partial charge is 0.497 e. The van der Waals surface area contributed by atoms with Gasteiger partial charge >= 0.3 is 0 Å². The van der Waals surface area contributed by atoms with Gasteiger partial charge in [-0.2, -0.15) is 0 Å². The summed E-state index contributed by atoms with van der Waals surface area (Å²) in [5.74, 6) is 0.536. The summed E-state index contributed by atoms with van der Waals surface area (Å²) in [5.41, 5.74) is 1.62. The standard InChI is InChI=1S/C29H33N5O5/c1-29(2,3)30-28(36)27(20-17-19(37-4)15-16-24(20)38-5)34(23-13-9-10-14-25(23)39-6)26(35)18-33-22-12-8-7-11-21(22)31-32-33/h7-17,27H,18H2,1-6H3,(H,30,36)/t27-/m0/s1. The Morgan fingerprint density at radius 3 is 2.31 bits per heavy atom. The number of hydrogen-bond acceptors (Lipinski definition) is 7. The summed E-state index contributed by atoms with van der Waals surface area (Å²) >= 11 is 0. The quantitative estimate of drug-likeness (QED) is 0.346. The highest BCUT2D eigenvalue weighted by atomic mass is 16.5. The SMILES string of the molecule is COc1ccc(OC)c([C@@H](C(=O)NC(C)(C)C)N(C(=O)Cn2nnc3ccccc32)c2ccccc2OC)c1. The summed E-state index contributed by atoms with van der Waals surface area (Å²) in [6, 6.07) is 18.4. The van der Waals surface area contributed by atoms with Crippen LogP contribution in [0.4, 0.5) is 5.69 Å². The predicted molar refractivity (Wildman–Crippen MR) is 148 cm³/mol. The molecule has 4 aromatic rings. The number of para-hydroxylation sites is 3. The molecule has 0 spiro atoms. The van der Waals surface area contributed by atoms with E-state index in [0.717, 1.165) is 0 Å². The van der Waals surface area contributed by atoms with E-state index in [1.54, 1.807) is 42.5 Å². The zero-order valence-electron chi connectivity index (χ0n) is 23.0. The lowest BCUT2D eigenvalue weighted by molar-refractivity contribution is -0.128. The fourth-order valence-corrected chi connectivity index (χ4v) is 4.37. The van der Waals surface area contributed by atoms with E-state index in [2.05, 4.69) is 15.6 Å². The van der Waals surface area contributed by atoms with Crippen LogP contribution in [0, 0.1) is 0 Å². The molecule has 10 nitrogen and oxygen atoms in total. The van der Waals surface area contributed by atoms with Crippen LogP contribution in [0.5, 0.6) is 17.2 Å². The highest BCUT2D eigenvalue weighted by molar-refractivity contribution is 6.03. The van der Waals surface area contributed by atoms with Crippen molar-refractivity contribution in [2.45, 2.75) is 38.9 Å². The number of nitrogens with one attached hydrogen (secondary N) is 1. The van der Waals surface area contributed by atoms with Crippen molar-refractivity contribution >= 4 is 28.5 Å². The number of amides is 2. The van der Waals surface area contributed by atoms with Crippen LogP contribution in [0.1, 0.15) is 32.4 Å². The molecule has 0 saturated carbocycles. The maximum absolute atomic E-state index is 14.3. The second kappa shape index (κ2) is 11.4. The van der Waals surface area contributed by atoms with E-state index < -0.39 is 23.4 Å². The molecule has 0 aliphatic rings. The smallest absolute Gasteiger partial charge is 0.249 e. The molecular formula is C29H33N5O5. The Labute approximate surface area is 227 Å². The summed E-state index contributed by atoms with van der Waals surface area (Å²) in [6.07, 6.45) is 0. The Morgan fingerprint density at radius 2 is 1.62 bits per heavy atom. The van der Waals surface area contributed by atoms with Crippen LogP contribution in [0.15, 0.2) is 66.7 Å². The third-order valence-corrected chi connectivity index (χ3v) is 6.05. The minimum atomic E-state index is -1.15. The average Bonchev–Trinajstić information content (AvgIpc) is 3.32. The van der Waals surface area contributed by atoms with Crippen LogP contribution in [0.25, 0.3) is 11.0 Å². The first-order valence-electron chi connectivity index (χ1n) is 12.4. The summed E-state index contributed by atoms with van der Waals surface area (Å²) < 4.78 is 18.3. The number of ether oxygens (including phenoxy) is 3. The Hall–Kier alpha value is -4.60. The van der Waals surface area contributed by atoms with E-state index >= 15 is 0 Å². The molecule has 204 valence electrons. The molecule has 0 aliphatic carbocycles. The molecule has 1 heterocycles. The first kappa shape index (κ1) is 27.4. The van der Waals surface area contributed by atoms with Crippen molar-refractivity contribution in [3.8, 4) is 17.2 Å². The minimum absolute atomic E-state index is 0.176. The molecule has 1 N–H and O–H groups in total. The van der Waals surface area contributed by atoms with Crippen LogP contribution < -0.4 is 24.4 Å². The fraction of sp³-hybridized carbons (Fsp3) is 0.310. The number of anilines is 1. The van der Waals surface area contributed by atoms with Crippen LogP contribution in [-0.2, 0) is 16.1 Å². The Kier molecular flexibility index (Phi) is 8.04. The zero-order valence-corrected chi connectivity index (χ0v) is 23.0. The number of nitrogens with zero attached hydrogens (tertiary/aromatic N) is 4. The third kappa shape index (κ3) is 5.95. The molecule has 2 amide bonds. The number of benzene rings is 3. The van der Waals surface area contributed by atoms with E-state index in [9.17, 15) is 9.59 Å². The highest BCUT2D eigenvalue weighted by Crippen LogP contribution is 2.39. The van der Waals surface area contributed by atoms with Crippen molar-refractivity contribution in [3.05, 3.63) is 72.3 Å². The lowest BCUT2D eigenvalue weighted by Gasteiger charge is -2.35.